The Balaban J connectivity index is 0.00000392. The number of carbonyl (C=O) groups is 2. The van der Waals surface area contributed by atoms with Gasteiger partial charge in [0.1, 0.15) is 0 Å². The second-order valence-electron chi connectivity index (χ2n) is 8.18. The zero-order valence-corrected chi connectivity index (χ0v) is 18.7. The van der Waals surface area contributed by atoms with Crippen molar-refractivity contribution in [3.63, 3.8) is 0 Å². The van der Waals surface area contributed by atoms with Gasteiger partial charge in [-0.05, 0) is 40.5 Å². The molecule has 28 heavy (non-hydrogen) atoms. The third-order valence-electron chi connectivity index (χ3n) is 5.21. The third kappa shape index (κ3) is 8.03. The molecule has 2 fully saturated rings. The smallest absolute Gasteiger partial charge is 0.410 e. The summed E-state index contributed by atoms with van der Waals surface area (Å²) in [7, 11) is 0. The van der Waals surface area contributed by atoms with E-state index in [4.69, 9.17) is 9.47 Å². The Bertz CT molecular complexity index is 476. The van der Waals surface area contributed by atoms with Crippen LogP contribution in [0.5, 0.6) is 0 Å². The standard InChI is InChI=1S/C20H37N3O4.ClH/c1-16(2)26-19(24)22-13-10-21(11-14-22)12-15-23(20(25)27-17(3)4)18-8-6-5-7-9-18;/h16-18H,5-15H2,1-4H3;1H. The lowest BCUT2D eigenvalue weighted by molar-refractivity contribution is 0.0423. The minimum Gasteiger partial charge on any atom is -0.447 e. The quantitative estimate of drug-likeness (QED) is 0.656. The van der Waals surface area contributed by atoms with Gasteiger partial charge in [-0.2, -0.15) is 0 Å². The monoisotopic (exact) mass is 419 g/mol. The van der Waals surface area contributed by atoms with E-state index in [0.29, 0.717) is 25.7 Å². The van der Waals surface area contributed by atoms with E-state index in [1.54, 1.807) is 4.90 Å². The first-order valence-electron chi connectivity index (χ1n) is 10.5. The minimum atomic E-state index is -0.228. The van der Waals surface area contributed by atoms with Crippen molar-refractivity contribution in [3.05, 3.63) is 0 Å². The van der Waals surface area contributed by atoms with E-state index in [1.807, 2.05) is 32.6 Å². The van der Waals surface area contributed by atoms with E-state index < -0.39 is 0 Å². The van der Waals surface area contributed by atoms with E-state index in [1.165, 1.54) is 19.3 Å². The average molecular weight is 420 g/mol. The molecule has 0 bridgehead atoms. The van der Waals surface area contributed by atoms with Gasteiger partial charge in [-0.25, -0.2) is 9.59 Å². The fourth-order valence-electron chi connectivity index (χ4n) is 3.76. The van der Waals surface area contributed by atoms with Crippen LogP contribution in [0.1, 0.15) is 59.8 Å². The molecule has 0 aromatic rings. The summed E-state index contributed by atoms with van der Waals surface area (Å²) in [5.41, 5.74) is 0. The van der Waals surface area contributed by atoms with Crippen molar-refractivity contribution in [2.75, 3.05) is 39.3 Å². The van der Waals surface area contributed by atoms with Crippen LogP contribution >= 0.6 is 12.4 Å². The number of rotatable bonds is 6. The van der Waals surface area contributed by atoms with Crippen LogP contribution in [0, 0.1) is 0 Å². The van der Waals surface area contributed by atoms with Crippen molar-refractivity contribution in [3.8, 4) is 0 Å². The average Bonchev–Trinajstić information content (AvgIpc) is 2.62. The van der Waals surface area contributed by atoms with Gasteiger partial charge in [0, 0.05) is 45.3 Å². The van der Waals surface area contributed by atoms with E-state index in [0.717, 1.165) is 32.5 Å². The Labute approximate surface area is 176 Å². The predicted octanol–water partition coefficient (Wildman–Crippen LogP) is 3.75. The van der Waals surface area contributed by atoms with Crippen LogP contribution in [0.15, 0.2) is 0 Å². The van der Waals surface area contributed by atoms with Crippen molar-refractivity contribution in [2.45, 2.75) is 78.0 Å². The summed E-state index contributed by atoms with van der Waals surface area (Å²) >= 11 is 0. The fraction of sp³-hybridized carbons (Fsp3) is 0.900. The van der Waals surface area contributed by atoms with Crippen LogP contribution in [-0.4, -0.2) is 84.4 Å². The number of ether oxygens (including phenoxy) is 2. The first-order chi connectivity index (χ1) is 12.9. The van der Waals surface area contributed by atoms with Crippen molar-refractivity contribution in [1.82, 2.24) is 14.7 Å². The lowest BCUT2D eigenvalue weighted by Gasteiger charge is -2.38. The number of nitrogens with zero attached hydrogens (tertiary/aromatic N) is 3. The van der Waals surface area contributed by atoms with Gasteiger partial charge in [-0.15, -0.1) is 12.4 Å². The van der Waals surface area contributed by atoms with Gasteiger partial charge in [-0.3, -0.25) is 4.90 Å². The number of hydrogen-bond donors (Lipinski definition) is 0. The Hall–Kier alpha value is -1.21. The van der Waals surface area contributed by atoms with Gasteiger partial charge in [0.15, 0.2) is 0 Å². The maximum atomic E-state index is 12.6. The summed E-state index contributed by atoms with van der Waals surface area (Å²) in [6.07, 6.45) is 5.18. The molecule has 8 heteroatoms. The largest absolute Gasteiger partial charge is 0.447 e. The lowest BCUT2D eigenvalue weighted by Crippen LogP contribution is -2.52. The normalized spacial score (nSPS) is 18.7. The third-order valence-corrected chi connectivity index (χ3v) is 5.21. The second-order valence-corrected chi connectivity index (χ2v) is 8.18. The molecule has 2 amide bonds. The molecule has 1 aliphatic heterocycles. The molecule has 1 saturated carbocycles. The highest BCUT2D eigenvalue weighted by Gasteiger charge is 2.28. The zero-order chi connectivity index (χ0) is 19.8. The first-order valence-corrected chi connectivity index (χ1v) is 10.5. The van der Waals surface area contributed by atoms with Gasteiger partial charge in [-0.1, -0.05) is 19.3 Å². The maximum Gasteiger partial charge on any atom is 0.410 e. The van der Waals surface area contributed by atoms with Gasteiger partial charge >= 0.3 is 12.2 Å². The van der Waals surface area contributed by atoms with Crippen LogP contribution in [-0.2, 0) is 9.47 Å². The van der Waals surface area contributed by atoms with E-state index >= 15 is 0 Å². The van der Waals surface area contributed by atoms with E-state index in [-0.39, 0.29) is 36.8 Å². The predicted molar refractivity (Wildman–Crippen MR) is 112 cm³/mol. The Kier molecular flexibility index (Phi) is 11.0. The molecule has 7 nitrogen and oxygen atoms in total. The zero-order valence-electron chi connectivity index (χ0n) is 17.9. The van der Waals surface area contributed by atoms with E-state index in [9.17, 15) is 9.59 Å². The molecule has 0 unspecified atom stereocenters. The number of hydrogen-bond acceptors (Lipinski definition) is 5. The molecular formula is C20H38ClN3O4. The van der Waals surface area contributed by atoms with Crippen LogP contribution in [0.4, 0.5) is 9.59 Å². The molecule has 1 saturated heterocycles. The van der Waals surface area contributed by atoms with Crippen LogP contribution in [0.25, 0.3) is 0 Å². The molecule has 0 aromatic carbocycles. The molecule has 1 heterocycles. The van der Waals surface area contributed by atoms with Crippen molar-refractivity contribution in [2.24, 2.45) is 0 Å². The van der Waals surface area contributed by atoms with E-state index in [2.05, 4.69) is 4.90 Å². The first kappa shape index (κ1) is 24.8. The summed E-state index contributed by atoms with van der Waals surface area (Å²) in [5.74, 6) is 0. The van der Waals surface area contributed by atoms with Gasteiger partial charge in [0.2, 0.25) is 0 Å². The number of halogens is 1. The summed E-state index contributed by atoms with van der Waals surface area (Å²) in [6.45, 7) is 12.0. The van der Waals surface area contributed by atoms with Crippen LogP contribution < -0.4 is 0 Å². The molecule has 2 aliphatic rings. The molecule has 2 rings (SSSR count). The Morgan fingerprint density at radius 1 is 0.929 bits per heavy atom. The molecule has 0 aromatic heterocycles. The molecule has 1 aliphatic carbocycles. The molecule has 0 N–H and O–H groups in total. The summed E-state index contributed by atoms with van der Waals surface area (Å²) in [5, 5.41) is 0. The fourth-order valence-corrected chi connectivity index (χ4v) is 3.76. The summed E-state index contributed by atoms with van der Waals surface area (Å²) in [6, 6.07) is 0.298. The highest BCUT2D eigenvalue weighted by Crippen LogP contribution is 2.23. The molecule has 164 valence electrons. The number of amides is 2. The number of carbonyl (C=O) groups excluding carboxylic acids is 2. The second kappa shape index (κ2) is 12.4. The highest BCUT2D eigenvalue weighted by atomic mass is 35.5. The maximum absolute atomic E-state index is 12.6. The van der Waals surface area contributed by atoms with Crippen LogP contribution in [0.2, 0.25) is 0 Å². The SMILES string of the molecule is CC(C)OC(=O)N1CCN(CCN(C(=O)OC(C)C)C2CCCCC2)CC1.Cl. The van der Waals surface area contributed by atoms with Gasteiger partial charge in [0.05, 0.1) is 12.2 Å². The summed E-state index contributed by atoms with van der Waals surface area (Å²) < 4.78 is 10.8. The minimum absolute atomic E-state index is 0. The van der Waals surface area contributed by atoms with Gasteiger partial charge < -0.3 is 19.3 Å². The number of piperazine rings is 1. The van der Waals surface area contributed by atoms with Crippen molar-refractivity contribution >= 4 is 24.6 Å². The lowest BCUT2D eigenvalue weighted by atomic mass is 9.94. The molecule has 0 radical (unpaired) electrons. The molecular weight excluding hydrogens is 382 g/mol. The summed E-state index contributed by atoms with van der Waals surface area (Å²) in [4.78, 5) is 30.6. The van der Waals surface area contributed by atoms with Crippen molar-refractivity contribution in [1.29, 1.82) is 0 Å². The van der Waals surface area contributed by atoms with Crippen LogP contribution in [0.3, 0.4) is 0 Å². The Morgan fingerprint density at radius 3 is 2.04 bits per heavy atom. The Morgan fingerprint density at radius 2 is 1.50 bits per heavy atom. The molecule has 0 atom stereocenters. The molecule has 0 spiro atoms. The highest BCUT2D eigenvalue weighted by molar-refractivity contribution is 5.85. The van der Waals surface area contributed by atoms with Gasteiger partial charge in [0.25, 0.3) is 0 Å². The topological polar surface area (TPSA) is 62.3 Å². The van der Waals surface area contributed by atoms with Crippen molar-refractivity contribution < 1.29 is 19.1 Å².